The van der Waals surface area contributed by atoms with E-state index in [9.17, 15) is 27.2 Å². The number of hydrogen-bond donors (Lipinski definition) is 0. The van der Waals surface area contributed by atoms with Gasteiger partial charge in [-0.1, -0.05) is 0 Å². The van der Waals surface area contributed by atoms with Crippen molar-refractivity contribution in [1.29, 1.82) is 0 Å². The van der Waals surface area contributed by atoms with Crippen molar-refractivity contribution in [3.05, 3.63) is 35.1 Å². The fourth-order valence-corrected chi connectivity index (χ4v) is 3.70. The van der Waals surface area contributed by atoms with Gasteiger partial charge in [0.2, 0.25) is 5.91 Å². The molecule has 0 saturated carbocycles. The molecular weight excluding hydrogens is 340 g/mol. The van der Waals surface area contributed by atoms with Gasteiger partial charge in [-0.3, -0.25) is 9.59 Å². The van der Waals surface area contributed by atoms with Gasteiger partial charge in [-0.15, -0.1) is 0 Å². The molecule has 25 heavy (non-hydrogen) atoms. The molecule has 2 fully saturated rings. The Labute approximate surface area is 142 Å². The third kappa shape index (κ3) is 3.34. The van der Waals surface area contributed by atoms with Crippen molar-refractivity contribution in [2.75, 3.05) is 26.2 Å². The Hall–Kier alpha value is -2.12. The zero-order chi connectivity index (χ0) is 18.4. The fourth-order valence-electron chi connectivity index (χ4n) is 3.70. The normalized spacial score (nSPS) is 23.6. The Morgan fingerprint density at radius 2 is 1.68 bits per heavy atom. The van der Waals surface area contributed by atoms with E-state index in [0.717, 1.165) is 12.5 Å². The first-order chi connectivity index (χ1) is 11.6. The second-order valence-corrected chi connectivity index (χ2v) is 6.86. The molecule has 8 heteroatoms. The van der Waals surface area contributed by atoms with Crippen LogP contribution in [-0.4, -0.2) is 47.8 Å². The van der Waals surface area contributed by atoms with Crippen molar-refractivity contribution in [2.24, 2.45) is 5.41 Å². The molecule has 1 atom stereocenters. The van der Waals surface area contributed by atoms with Crippen LogP contribution in [-0.2, 0) is 11.0 Å². The second-order valence-electron chi connectivity index (χ2n) is 6.86. The topological polar surface area (TPSA) is 40.6 Å². The summed E-state index contributed by atoms with van der Waals surface area (Å²) in [6.45, 7) is 3.50. The van der Waals surface area contributed by atoms with Crippen molar-refractivity contribution in [3.8, 4) is 0 Å². The highest BCUT2D eigenvalue weighted by atomic mass is 19.4. The minimum atomic E-state index is -4.85. The summed E-state index contributed by atoms with van der Waals surface area (Å²) in [4.78, 5) is 27.3. The first-order valence-electron chi connectivity index (χ1n) is 8.03. The van der Waals surface area contributed by atoms with Gasteiger partial charge >= 0.3 is 6.18 Å². The molecule has 2 aliphatic heterocycles. The highest BCUT2D eigenvalue weighted by Gasteiger charge is 2.45. The van der Waals surface area contributed by atoms with E-state index in [-0.39, 0.29) is 16.9 Å². The van der Waals surface area contributed by atoms with E-state index in [1.165, 1.54) is 11.8 Å². The van der Waals surface area contributed by atoms with Crippen LogP contribution in [0.4, 0.5) is 17.6 Å². The summed E-state index contributed by atoms with van der Waals surface area (Å²) in [5.41, 5.74) is -1.79. The number of rotatable bonds is 1. The molecule has 2 saturated heterocycles. The number of nitrogens with zero attached hydrogens (tertiary/aromatic N) is 2. The maximum atomic E-state index is 13.4. The number of hydrogen-bond acceptors (Lipinski definition) is 2. The number of carbonyl (C=O) groups excluding carboxylic acids is 2. The molecule has 2 heterocycles. The Morgan fingerprint density at radius 3 is 2.24 bits per heavy atom. The molecule has 0 bridgehead atoms. The Balaban J connectivity index is 1.76. The predicted octanol–water partition coefficient (Wildman–Crippen LogP) is 2.93. The van der Waals surface area contributed by atoms with Crippen LogP contribution in [0.25, 0.3) is 0 Å². The molecule has 136 valence electrons. The molecular formula is C17H18F4N2O2. The zero-order valence-corrected chi connectivity index (χ0v) is 13.7. The largest absolute Gasteiger partial charge is 0.419 e. The van der Waals surface area contributed by atoms with E-state index in [2.05, 4.69) is 0 Å². The van der Waals surface area contributed by atoms with Gasteiger partial charge in [0.1, 0.15) is 5.82 Å². The van der Waals surface area contributed by atoms with Crippen LogP contribution in [0, 0.1) is 11.2 Å². The van der Waals surface area contributed by atoms with E-state index in [0.29, 0.717) is 44.7 Å². The molecule has 4 nitrogen and oxygen atoms in total. The molecule has 3 rings (SSSR count). The van der Waals surface area contributed by atoms with Crippen molar-refractivity contribution in [3.63, 3.8) is 0 Å². The summed E-state index contributed by atoms with van der Waals surface area (Å²) in [6, 6.07) is 2.32. The van der Waals surface area contributed by atoms with Gasteiger partial charge in [0.25, 0.3) is 5.91 Å². The Kier molecular flexibility index (Phi) is 4.25. The van der Waals surface area contributed by atoms with Crippen LogP contribution >= 0.6 is 0 Å². The van der Waals surface area contributed by atoms with Gasteiger partial charge in [-0.05, 0) is 31.0 Å². The van der Waals surface area contributed by atoms with Crippen LogP contribution in [0.2, 0.25) is 0 Å². The maximum Gasteiger partial charge on any atom is 0.419 e. The SMILES string of the molecule is CC(=O)N1CCC2(CCN(C(=O)c3ccc(F)c(C(F)(F)F)c3)C2)C1. The van der Waals surface area contributed by atoms with Gasteiger partial charge in [-0.25, -0.2) is 4.39 Å². The van der Waals surface area contributed by atoms with Crippen molar-refractivity contribution >= 4 is 11.8 Å². The summed E-state index contributed by atoms with van der Waals surface area (Å²) in [5, 5.41) is 0. The standard InChI is InChI=1S/C17H18F4N2O2/c1-11(24)22-6-4-16(9-22)5-7-23(10-16)15(25)12-2-3-14(18)13(8-12)17(19,20)21/h2-3,8H,4-7,9-10H2,1H3. The molecule has 0 aromatic heterocycles. The number of likely N-dealkylation sites (tertiary alicyclic amines) is 2. The molecule has 0 aliphatic carbocycles. The lowest BCUT2D eigenvalue weighted by Crippen LogP contribution is -2.35. The van der Waals surface area contributed by atoms with Gasteiger partial charge in [-0.2, -0.15) is 13.2 Å². The average molecular weight is 358 g/mol. The molecule has 2 amide bonds. The highest BCUT2D eigenvalue weighted by molar-refractivity contribution is 5.94. The lowest BCUT2D eigenvalue weighted by atomic mass is 9.86. The number of carbonyl (C=O) groups is 2. The van der Waals surface area contributed by atoms with Gasteiger partial charge in [0.05, 0.1) is 5.56 Å². The number of amides is 2. The average Bonchev–Trinajstić information content (AvgIpc) is 3.14. The lowest BCUT2D eigenvalue weighted by molar-refractivity contribution is -0.140. The molecule has 1 aromatic carbocycles. The van der Waals surface area contributed by atoms with Crippen LogP contribution < -0.4 is 0 Å². The minimum absolute atomic E-state index is 0.0185. The molecule has 1 aromatic rings. The molecule has 1 spiro atoms. The first-order valence-corrected chi connectivity index (χ1v) is 8.03. The maximum absolute atomic E-state index is 13.4. The van der Waals surface area contributed by atoms with Gasteiger partial charge in [0, 0.05) is 44.1 Å². The predicted molar refractivity (Wildman–Crippen MR) is 81.2 cm³/mol. The summed E-state index contributed by atoms with van der Waals surface area (Å²) in [5.74, 6) is -1.95. The number of alkyl halides is 3. The third-order valence-electron chi connectivity index (χ3n) is 5.13. The van der Waals surface area contributed by atoms with E-state index in [1.807, 2.05) is 0 Å². The van der Waals surface area contributed by atoms with Crippen LogP contribution in [0.3, 0.4) is 0 Å². The lowest BCUT2D eigenvalue weighted by Gasteiger charge is -2.24. The van der Waals surface area contributed by atoms with Crippen LogP contribution in [0.15, 0.2) is 18.2 Å². The Morgan fingerprint density at radius 1 is 1.08 bits per heavy atom. The van der Waals surface area contributed by atoms with Gasteiger partial charge < -0.3 is 9.80 Å². The van der Waals surface area contributed by atoms with E-state index < -0.39 is 23.5 Å². The summed E-state index contributed by atoms with van der Waals surface area (Å²) in [6.07, 6.45) is -3.37. The zero-order valence-electron chi connectivity index (χ0n) is 13.7. The van der Waals surface area contributed by atoms with Gasteiger partial charge in [0.15, 0.2) is 0 Å². The van der Waals surface area contributed by atoms with E-state index in [4.69, 9.17) is 0 Å². The first kappa shape index (κ1) is 17.7. The third-order valence-corrected chi connectivity index (χ3v) is 5.13. The summed E-state index contributed by atoms with van der Waals surface area (Å²) < 4.78 is 51.9. The number of benzene rings is 1. The second kappa shape index (κ2) is 6.00. The number of halogens is 4. The highest BCUT2D eigenvalue weighted by Crippen LogP contribution is 2.40. The van der Waals surface area contributed by atoms with E-state index >= 15 is 0 Å². The molecule has 0 radical (unpaired) electrons. The molecule has 0 N–H and O–H groups in total. The van der Waals surface area contributed by atoms with Crippen LogP contribution in [0.1, 0.15) is 35.7 Å². The fraction of sp³-hybridized carbons (Fsp3) is 0.529. The Bertz CT molecular complexity index is 719. The van der Waals surface area contributed by atoms with Crippen molar-refractivity contribution in [2.45, 2.75) is 25.9 Å². The van der Waals surface area contributed by atoms with Crippen molar-refractivity contribution < 1.29 is 27.2 Å². The summed E-state index contributed by atoms with van der Waals surface area (Å²) in [7, 11) is 0. The van der Waals surface area contributed by atoms with E-state index in [1.54, 1.807) is 4.90 Å². The minimum Gasteiger partial charge on any atom is -0.342 e. The smallest absolute Gasteiger partial charge is 0.342 e. The monoisotopic (exact) mass is 358 g/mol. The van der Waals surface area contributed by atoms with Crippen LogP contribution in [0.5, 0.6) is 0 Å². The summed E-state index contributed by atoms with van der Waals surface area (Å²) >= 11 is 0. The quantitative estimate of drug-likeness (QED) is 0.725. The molecule has 2 aliphatic rings. The molecule has 1 unspecified atom stereocenters. The van der Waals surface area contributed by atoms with Crippen molar-refractivity contribution in [1.82, 2.24) is 9.80 Å².